The van der Waals surface area contributed by atoms with Gasteiger partial charge in [0.15, 0.2) is 11.8 Å². The van der Waals surface area contributed by atoms with Crippen molar-refractivity contribution in [3.05, 3.63) is 48.2 Å². The maximum Gasteiger partial charge on any atom is 0.223 e. The Hall–Kier alpha value is -2.83. The van der Waals surface area contributed by atoms with E-state index in [4.69, 9.17) is 4.52 Å². The third-order valence-corrected chi connectivity index (χ3v) is 3.76. The van der Waals surface area contributed by atoms with Crippen LogP contribution in [0, 0.1) is 6.92 Å². The highest BCUT2D eigenvalue weighted by molar-refractivity contribution is 5.80. The Morgan fingerprint density at radius 1 is 1.25 bits per heavy atom. The monoisotopic (exact) mass is 326 g/mol. The molecule has 0 saturated carbocycles. The van der Waals surface area contributed by atoms with Gasteiger partial charge in [-0.2, -0.15) is 4.98 Å². The van der Waals surface area contributed by atoms with Crippen molar-refractivity contribution in [3.63, 3.8) is 0 Å². The number of hydrogen-bond acceptors (Lipinski definition) is 4. The minimum absolute atomic E-state index is 0.485. The molecule has 2 heterocycles. The van der Waals surface area contributed by atoms with Crippen LogP contribution in [0.2, 0.25) is 0 Å². The number of rotatable bonds is 6. The number of fused-ring (bicyclic) bond motifs is 1. The molecule has 2 aromatic heterocycles. The van der Waals surface area contributed by atoms with Crippen molar-refractivity contribution in [2.24, 2.45) is 4.99 Å². The molecule has 0 spiro atoms. The highest BCUT2D eigenvalue weighted by Crippen LogP contribution is 2.15. The lowest BCUT2D eigenvalue weighted by molar-refractivity contribution is 0.387. The summed E-state index contributed by atoms with van der Waals surface area (Å²) in [5.41, 5.74) is 1.27. The van der Waals surface area contributed by atoms with Crippen molar-refractivity contribution in [1.29, 1.82) is 0 Å². The molecule has 0 aliphatic heterocycles. The van der Waals surface area contributed by atoms with Gasteiger partial charge in [-0.25, -0.2) is 0 Å². The summed E-state index contributed by atoms with van der Waals surface area (Å²) in [5, 5.41) is 11.6. The summed E-state index contributed by atoms with van der Waals surface area (Å²) in [4.78, 5) is 8.35. The van der Waals surface area contributed by atoms with Gasteiger partial charge in [0.05, 0.1) is 6.54 Å². The number of aromatic nitrogens is 3. The van der Waals surface area contributed by atoms with E-state index in [1.165, 1.54) is 10.9 Å². The molecular weight excluding hydrogens is 304 g/mol. The van der Waals surface area contributed by atoms with Crippen LogP contribution in [-0.2, 0) is 13.1 Å². The van der Waals surface area contributed by atoms with Gasteiger partial charge < -0.3 is 19.7 Å². The van der Waals surface area contributed by atoms with Gasteiger partial charge in [-0.05, 0) is 23.9 Å². The highest BCUT2D eigenvalue weighted by Gasteiger charge is 2.04. The van der Waals surface area contributed by atoms with Crippen molar-refractivity contribution in [2.75, 3.05) is 13.6 Å². The topological polar surface area (TPSA) is 80.3 Å². The Labute approximate surface area is 140 Å². The molecule has 3 rings (SSSR count). The van der Waals surface area contributed by atoms with Gasteiger partial charge in [0.1, 0.15) is 0 Å². The van der Waals surface area contributed by atoms with E-state index < -0.39 is 0 Å². The smallest absolute Gasteiger partial charge is 0.223 e. The van der Waals surface area contributed by atoms with Crippen LogP contribution in [0.4, 0.5) is 0 Å². The molecule has 3 aromatic rings. The fraction of sp³-hybridized carbons (Fsp3) is 0.353. The summed E-state index contributed by atoms with van der Waals surface area (Å²) in [7, 11) is 1.75. The maximum absolute atomic E-state index is 4.94. The second kappa shape index (κ2) is 7.63. The summed E-state index contributed by atoms with van der Waals surface area (Å²) < 4.78 is 7.21. The van der Waals surface area contributed by atoms with E-state index in [0.717, 1.165) is 25.5 Å². The molecule has 7 nitrogen and oxygen atoms in total. The lowest BCUT2D eigenvalue weighted by atomic mass is 10.2. The van der Waals surface area contributed by atoms with Gasteiger partial charge in [0.2, 0.25) is 5.89 Å². The van der Waals surface area contributed by atoms with E-state index in [2.05, 4.69) is 66.9 Å². The third-order valence-electron chi connectivity index (χ3n) is 3.76. The van der Waals surface area contributed by atoms with Crippen molar-refractivity contribution < 1.29 is 4.52 Å². The minimum Gasteiger partial charge on any atom is -0.356 e. The summed E-state index contributed by atoms with van der Waals surface area (Å²) in [6, 6.07) is 10.6. The van der Waals surface area contributed by atoms with Gasteiger partial charge in [-0.15, -0.1) is 0 Å². The lowest BCUT2D eigenvalue weighted by Gasteiger charge is -2.11. The van der Waals surface area contributed by atoms with Crippen LogP contribution in [0.5, 0.6) is 0 Å². The molecule has 24 heavy (non-hydrogen) atoms. The predicted molar refractivity (Wildman–Crippen MR) is 93.8 cm³/mol. The molecule has 0 bridgehead atoms. The average Bonchev–Trinajstić information content (AvgIpc) is 3.20. The Bertz CT molecular complexity index is 819. The summed E-state index contributed by atoms with van der Waals surface area (Å²) in [5.74, 6) is 1.91. The van der Waals surface area contributed by atoms with Crippen molar-refractivity contribution in [3.8, 4) is 0 Å². The third kappa shape index (κ3) is 3.92. The van der Waals surface area contributed by atoms with Crippen LogP contribution in [0.15, 0.2) is 46.0 Å². The molecule has 0 atom stereocenters. The summed E-state index contributed by atoms with van der Waals surface area (Å²) >= 11 is 0. The van der Waals surface area contributed by atoms with E-state index in [9.17, 15) is 0 Å². The quantitative estimate of drug-likeness (QED) is 0.412. The van der Waals surface area contributed by atoms with Crippen LogP contribution in [-0.4, -0.2) is 34.3 Å². The molecule has 0 aliphatic carbocycles. The van der Waals surface area contributed by atoms with Gasteiger partial charge in [0.25, 0.3) is 0 Å². The van der Waals surface area contributed by atoms with Crippen LogP contribution in [0.1, 0.15) is 18.1 Å². The molecule has 0 radical (unpaired) electrons. The molecule has 0 fully saturated rings. The Balaban J connectivity index is 1.43. The molecule has 0 saturated heterocycles. The number of nitrogens with zero attached hydrogens (tertiary/aromatic N) is 4. The molecular formula is C17H22N6O. The molecule has 2 N–H and O–H groups in total. The number of hydrogen-bond donors (Lipinski definition) is 2. The van der Waals surface area contributed by atoms with Gasteiger partial charge in [-0.3, -0.25) is 4.99 Å². The Kier molecular flexibility index (Phi) is 5.10. The number of benzene rings is 1. The van der Waals surface area contributed by atoms with Crippen molar-refractivity contribution in [1.82, 2.24) is 25.3 Å². The zero-order valence-electron chi connectivity index (χ0n) is 14.0. The minimum atomic E-state index is 0.485. The highest BCUT2D eigenvalue weighted by atomic mass is 16.5. The number of guanidine groups is 1. The lowest BCUT2D eigenvalue weighted by Crippen LogP contribution is -2.37. The first-order valence-corrected chi connectivity index (χ1v) is 8.04. The summed E-state index contributed by atoms with van der Waals surface area (Å²) in [6.45, 7) is 4.05. The molecule has 7 heteroatoms. The second-order valence-electron chi connectivity index (χ2n) is 5.50. The first-order valence-electron chi connectivity index (χ1n) is 8.04. The van der Waals surface area contributed by atoms with E-state index >= 15 is 0 Å². The van der Waals surface area contributed by atoms with Crippen LogP contribution < -0.4 is 10.6 Å². The number of aryl methyl sites for hydroxylation is 2. The zero-order chi connectivity index (χ0) is 16.8. The van der Waals surface area contributed by atoms with E-state index in [1.807, 2.05) is 0 Å². The zero-order valence-corrected chi connectivity index (χ0v) is 14.0. The van der Waals surface area contributed by atoms with E-state index in [1.54, 1.807) is 14.0 Å². The Morgan fingerprint density at radius 3 is 2.92 bits per heavy atom. The SMILES string of the molecule is CN=C(NCCCn1ccc2ccccc21)NCc1noc(C)n1. The maximum atomic E-state index is 4.94. The number of aliphatic imine (C=N–C) groups is 1. The van der Waals surface area contributed by atoms with Gasteiger partial charge in [-0.1, -0.05) is 23.4 Å². The average molecular weight is 326 g/mol. The molecule has 1 aromatic carbocycles. The van der Waals surface area contributed by atoms with Crippen molar-refractivity contribution >= 4 is 16.9 Å². The molecule has 0 unspecified atom stereocenters. The second-order valence-corrected chi connectivity index (χ2v) is 5.50. The fourth-order valence-electron chi connectivity index (χ4n) is 2.59. The Morgan fingerprint density at radius 2 is 2.12 bits per heavy atom. The van der Waals surface area contributed by atoms with Crippen molar-refractivity contribution in [2.45, 2.75) is 26.4 Å². The van der Waals surface area contributed by atoms with Crippen LogP contribution in [0.3, 0.4) is 0 Å². The normalized spacial score (nSPS) is 11.8. The molecule has 0 aliphatic rings. The molecule has 0 amide bonds. The van der Waals surface area contributed by atoms with Gasteiger partial charge in [0, 0.05) is 38.8 Å². The largest absolute Gasteiger partial charge is 0.356 e. The first kappa shape index (κ1) is 16.0. The predicted octanol–water partition coefficient (Wildman–Crippen LogP) is 2.09. The standard InChI is InChI=1S/C17H22N6O/c1-13-21-16(22-24-13)12-20-17(18-2)19-9-5-10-23-11-8-14-6-3-4-7-15(14)23/h3-4,6-8,11H,5,9-10,12H2,1-2H3,(H2,18,19,20). The van der Waals surface area contributed by atoms with E-state index in [0.29, 0.717) is 18.3 Å². The number of para-hydroxylation sites is 1. The molecule has 126 valence electrons. The van der Waals surface area contributed by atoms with Crippen LogP contribution >= 0.6 is 0 Å². The first-order chi connectivity index (χ1) is 11.8. The number of nitrogens with one attached hydrogen (secondary N) is 2. The van der Waals surface area contributed by atoms with Gasteiger partial charge >= 0.3 is 0 Å². The fourth-order valence-corrected chi connectivity index (χ4v) is 2.59. The van der Waals surface area contributed by atoms with Crippen LogP contribution in [0.25, 0.3) is 10.9 Å². The summed E-state index contributed by atoms with van der Waals surface area (Å²) in [6.07, 6.45) is 3.14. The van der Waals surface area contributed by atoms with E-state index in [-0.39, 0.29) is 0 Å².